The summed E-state index contributed by atoms with van der Waals surface area (Å²) in [5, 5.41) is 4.66. The number of hydrogen-bond acceptors (Lipinski definition) is 3. The van der Waals surface area contributed by atoms with Crippen LogP contribution in [0.1, 0.15) is 16.2 Å². The highest BCUT2D eigenvalue weighted by molar-refractivity contribution is 5.93. The summed E-state index contributed by atoms with van der Waals surface area (Å²) in [7, 11) is 3.43. The molecule has 0 N–H and O–H groups in total. The minimum absolute atomic E-state index is 0.119. The van der Waals surface area contributed by atoms with Gasteiger partial charge < -0.3 is 4.90 Å². The number of amides is 1. The molecule has 1 amide bonds. The Bertz CT molecular complexity index is 837. The second-order valence-electron chi connectivity index (χ2n) is 5.55. The third kappa shape index (κ3) is 2.99. The fourth-order valence-electron chi connectivity index (χ4n) is 2.38. The third-order valence-corrected chi connectivity index (χ3v) is 3.57. The Hall–Kier alpha value is -2.95. The monoisotopic (exact) mass is 306 g/mol. The molecule has 0 radical (unpaired) electrons. The fraction of sp³-hybridized carbons (Fsp3) is 0.167. The van der Waals surface area contributed by atoms with Crippen LogP contribution in [0.25, 0.3) is 16.9 Å². The average Bonchev–Trinajstić information content (AvgIpc) is 2.97. The molecule has 0 saturated heterocycles. The van der Waals surface area contributed by atoms with Crippen molar-refractivity contribution in [3.63, 3.8) is 0 Å². The predicted octanol–water partition coefficient (Wildman–Crippen LogP) is 2.94. The third-order valence-electron chi connectivity index (χ3n) is 3.57. The van der Waals surface area contributed by atoms with Crippen molar-refractivity contribution < 1.29 is 4.79 Å². The summed E-state index contributed by atoms with van der Waals surface area (Å²) >= 11 is 0. The van der Waals surface area contributed by atoms with Gasteiger partial charge in [0, 0.05) is 31.5 Å². The summed E-state index contributed by atoms with van der Waals surface area (Å²) in [6, 6.07) is 15.6. The molecule has 0 bridgehead atoms. The van der Waals surface area contributed by atoms with Gasteiger partial charge >= 0.3 is 0 Å². The molecule has 0 aliphatic carbocycles. The van der Waals surface area contributed by atoms with Gasteiger partial charge in [-0.1, -0.05) is 18.2 Å². The van der Waals surface area contributed by atoms with E-state index in [0.717, 1.165) is 22.6 Å². The Balaban J connectivity index is 2.01. The van der Waals surface area contributed by atoms with E-state index in [1.165, 1.54) is 4.90 Å². The first-order chi connectivity index (χ1) is 11.1. The molecule has 0 spiro atoms. The van der Waals surface area contributed by atoms with Gasteiger partial charge in [0.15, 0.2) is 0 Å². The molecule has 5 nitrogen and oxygen atoms in total. The van der Waals surface area contributed by atoms with Gasteiger partial charge in [0.25, 0.3) is 5.91 Å². The second-order valence-corrected chi connectivity index (χ2v) is 5.55. The minimum atomic E-state index is -0.119. The van der Waals surface area contributed by atoms with Crippen LogP contribution >= 0.6 is 0 Å². The van der Waals surface area contributed by atoms with Gasteiger partial charge in [-0.25, -0.2) is 4.68 Å². The van der Waals surface area contributed by atoms with Gasteiger partial charge in [0.1, 0.15) is 5.69 Å². The zero-order chi connectivity index (χ0) is 16.4. The van der Waals surface area contributed by atoms with Crippen molar-refractivity contribution in [1.82, 2.24) is 19.7 Å². The lowest BCUT2D eigenvalue weighted by Gasteiger charge is -2.09. The van der Waals surface area contributed by atoms with Crippen molar-refractivity contribution in [1.29, 1.82) is 0 Å². The van der Waals surface area contributed by atoms with Crippen molar-refractivity contribution >= 4 is 5.91 Å². The number of carbonyl (C=O) groups is 1. The standard InChI is InChI=1S/C18H18N4O/c1-13-11-16(20-22(13)15-7-5-4-6-8-15)14-9-10-19-17(12-14)18(23)21(2)3/h4-12H,1-3H3. The van der Waals surface area contributed by atoms with Crippen molar-refractivity contribution in [2.24, 2.45) is 0 Å². The Morgan fingerprint density at radius 2 is 1.83 bits per heavy atom. The average molecular weight is 306 g/mol. The van der Waals surface area contributed by atoms with Gasteiger partial charge in [0.2, 0.25) is 0 Å². The normalized spacial score (nSPS) is 10.6. The van der Waals surface area contributed by atoms with Crippen LogP contribution in [-0.4, -0.2) is 39.7 Å². The molecule has 0 saturated carbocycles. The minimum Gasteiger partial charge on any atom is -0.343 e. The second kappa shape index (κ2) is 6.04. The number of aromatic nitrogens is 3. The van der Waals surface area contributed by atoms with E-state index in [1.54, 1.807) is 26.4 Å². The molecule has 0 atom stereocenters. The molecular formula is C18H18N4O. The van der Waals surface area contributed by atoms with Crippen LogP contribution in [0.15, 0.2) is 54.7 Å². The number of para-hydroxylation sites is 1. The quantitative estimate of drug-likeness (QED) is 0.747. The van der Waals surface area contributed by atoms with Crippen molar-refractivity contribution in [2.75, 3.05) is 14.1 Å². The zero-order valence-corrected chi connectivity index (χ0v) is 13.4. The smallest absolute Gasteiger partial charge is 0.271 e. The molecule has 3 rings (SSSR count). The lowest BCUT2D eigenvalue weighted by Crippen LogP contribution is -2.22. The topological polar surface area (TPSA) is 51.0 Å². The molecule has 116 valence electrons. The predicted molar refractivity (Wildman–Crippen MR) is 89.5 cm³/mol. The van der Waals surface area contributed by atoms with Gasteiger partial charge in [-0.15, -0.1) is 0 Å². The molecule has 1 aromatic carbocycles. The van der Waals surface area contributed by atoms with Crippen LogP contribution in [0.2, 0.25) is 0 Å². The Morgan fingerprint density at radius 1 is 1.09 bits per heavy atom. The summed E-state index contributed by atoms with van der Waals surface area (Å²) in [5.41, 5.74) is 4.15. The van der Waals surface area contributed by atoms with Crippen LogP contribution in [0, 0.1) is 6.92 Å². The number of nitrogens with zero attached hydrogens (tertiary/aromatic N) is 4. The van der Waals surface area contributed by atoms with Crippen molar-refractivity contribution in [3.05, 3.63) is 66.1 Å². The molecular weight excluding hydrogens is 288 g/mol. The summed E-state index contributed by atoms with van der Waals surface area (Å²) < 4.78 is 1.89. The molecule has 5 heteroatoms. The van der Waals surface area contributed by atoms with E-state index in [-0.39, 0.29) is 5.91 Å². The Labute approximate surface area is 135 Å². The van der Waals surface area contributed by atoms with Crippen LogP contribution in [-0.2, 0) is 0 Å². The first-order valence-corrected chi connectivity index (χ1v) is 7.36. The maximum atomic E-state index is 12.1. The summed E-state index contributed by atoms with van der Waals surface area (Å²) in [6.45, 7) is 2.01. The molecule has 23 heavy (non-hydrogen) atoms. The molecule has 2 heterocycles. The van der Waals surface area contributed by atoms with E-state index in [4.69, 9.17) is 0 Å². The Morgan fingerprint density at radius 3 is 2.52 bits per heavy atom. The summed E-state index contributed by atoms with van der Waals surface area (Å²) in [5.74, 6) is -0.119. The molecule has 3 aromatic rings. The van der Waals surface area contributed by atoms with E-state index in [0.29, 0.717) is 5.69 Å². The number of benzene rings is 1. The van der Waals surface area contributed by atoms with Crippen LogP contribution in [0.4, 0.5) is 0 Å². The van der Waals surface area contributed by atoms with Gasteiger partial charge in [-0.2, -0.15) is 5.10 Å². The highest BCUT2D eigenvalue weighted by Gasteiger charge is 2.13. The maximum Gasteiger partial charge on any atom is 0.271 e. The molecule has 0 fully saturated rings. The van der Waals surface area contributed by atoms with Crippen LogP contribution < -0.4 is 0 Å². The molecule has 2 aromatic heterocycles. The van der Waals surface area contributed by atoms with Gasteiger partial charge in [-0.3, -0.25) is 9.78 Å². The highest BCUT2D eigenvalue weighted by Crippen LogP contribution is 2.21. The number of aryl methyl sites for hydroxylation is 1. The highest BCUT2D eigenvalue weighted by atomic mass is 16.2. The summed E-state index contributed by atoms with van der Waals surface area (Å²) in [6.07, 6.45) is 1.64. The molecule has 0 aliphatic heterocycles. The Kier molecular flexibility index (Phi) is 3.93. The fourth-order valence-corrected chi connectivity index (χ4v) is 2.38. The van der Waals surface area contributed by atoms with Crippen molar-refractivity contribution in [2.45, 2.75) is 6.92 Å². The van der Waals surface area contributed by atoms with E-state index in [2.05, 4.69) is 10.1 Å². The lowest BCUT2D eigenvalue weighted by atomic mass is 10.1. The van der Waals surface area contributed by atoms with E-state index < -0.39 is 0 Å². The van der Waals surface area contributed by atoms with Gasteiger partial charge in [-0.05, 0) is 37.3 Å². The van der Waals surface area contributed by atoms with E-state index >= 15 is 0 Å². The van der Waals surface area contributed by atoms with Crippen LogP contribution in [0.3, 0.4) is 0 Å². The number of rotatable bonds is 3. The number of pyridine rings is 1. The van der Waals surface area contributed by atoms with Crippen molar-refractivity contribution in [3.8, 4) is 16.9 Å². The van der Waals surface area contributed by atoms with Gasteiger partial charge in [0.05, 0.1) is 11.4 Å². The van der Waals surface area contributed by atoms with E-state index in [1.807, 2.05) is 54.1 Å². The van der Waals surface area contributed by atoms with Crippen LogP contribution in [0.5, 0.6) is 0 Å². The molecule has 0 unspecified atom stereocenters. The largest absolute Gasteiger partial charge is 0.343 e. The molecule has 0 aliphatic rings. The lowest BCUT2D eigenvalue weighted by molar-refractivity contribution is 0.0822. The number of hydrogen-bond donors (Lipinski definition) is 0. The first kappa shape index (κ1) is 15.0. The summed E-state index contributed by atoms with van der Waals surface area (Å²) in [4.78, 5) is 17.7. The van der Waals surface area contributed by atoms with E-state index in [9.17, 15) is 4.79 Å². The number of carbonyl (C=O) groups excluding carboxylic acids is 1. The SMILES string of the molecule is Cc1cc(-c2ccnc(C(=O)N(C)C)c2)nn1-c1ccccc1. The maximum absolute atomic E-state index is 12.1. The first-order valence-electron chi connectivity index (χ1n) is 7.36. The zero-order valence-electron chi connectivity index (χ0n) is 13.4.